The zero-order chi connectivity index (χ0) is 29.2. The molecule has 0 bridgehead atoms. The van der Waals surface area contributed by atoms with Gasteiger partial charge in [-0.2, -0.15) is 0 Å². The number of hydrogen-bond donors (Lipinski definition) is 0. The van der Waals surface area contributed by atoms with Gasteiger partial charge < -0.3 is 0 Å². The van der Waals surface area contributed by atoms with E-state index in [-0.39, 0.29) is 0 Å². The molecule has 0 saturated heterocycles. The normalized spacial score (nSPS) is 12.0. The average Bonchev–Trinajstić information content (AvgIpc) is 3.46. The Morgan fingerprint density at radius 2 is 0.977 bits per heavy atom. The Kier molecular flexibility index (Phi) is 5.24. The topological polar surface area (TPSA) is 0 Å². The van der Waals surface area contributed by atoms with Gasteiger partial charge in [0.15, 0.2) is 0 Å². The Morgan fingerprint density at radius 3 is 1.70 bits per heavy atom. The molecule has 0 fully saturated rings. The van der Waals surface area contributed by atoms with E-state index in [9.17, 15) is 0 Å². The van der Waals surface area contributed by atoms with Crippen LogP contribution in [0, 0.1) is 0 Å². The van der Waals surface area contributed by atoms with E-state index in [1.165, 1.54) is 75.1 Å². The number of hydrogen-bond acceptors (Lipinski definition) is 1. The molecule has 9 rings (SSSR count). The van der Waals surface area contributed by atoms with Gasteiger partial charge in [-0.05, 0) is 83.9 Å². The molecule has 0 unspecified atom stereocenters. The summed E-state index contributed by atoms with van der Waals surface area (Å²) in [6, 6.07) is 55.2. The summed E-state index contributed by atoms with van der Waals surface area (Å²) in [6.07, 6.45) is 0. The molecule has 0 saturated carbocycles. The first-order chi connectivity index (χ1) is 21.7. The summed E-state index contributed by atoms with van der Waals surface area (Å²) in [6.45, 7) is 0. The molecular weight excluding hydrogens is 537 g/mol. The molecule has 0 aliphatic heterocycles. The monoisotopic (exact) mass is 563 g/mol. The van der Waals surface area contributed by atoms with Crippen LogP contribution in [0.4, 0.5) is 0 Å². The fourth-order valence-corrected chi connectivity index (χ4v) is 8.00. The summed E-state index contributed by atoms with van der Waals surface area (Å²) in [5.41, 5.74) is 7.46. The van der Waals surface area contributed by atoms with Crippen molar-refractivity contribution in [3.05, 3.63) is 158 Å². The molecule has 200 valence electrons. The molecule has 0 radical (unpaired) electrons. The fraction of sp³-hybridized carbons (Fsp3) is 0. The van der Waals surface area contributed by atoms with E-state index >= 15 is 0 Å². The van der Waals surface area contributed by atoms with Crippen molar-refractivity contribution in [2.45, 2.75) is 0 Å². The lowest BCUT2D eigenvalue weighted by Crippen LogP contribution is -1.91. The standard InChI is InChI=1S/C42H26S/c1-2-11-30-26-31(25-20-27(30)10-1)41-35-14-5-3-12-33(35)40(34-13-4-6-15-36(34)41)29-23-21-28(22-24-29)32-17-9-19-39-42(32)37-16-7-8-18-38(37)43-39/h1-26H/i1D. The highest BCUT2D eigenvalue weighted by Crippen LogP contribution is 2.45. The lowest BCUT2D eigenvalue weighted by Gasteiger charge is -2.18. The highest BCUT2D eigenvalue weighted by atomic mass is 32.1. The van der Waals surface area contributed by atoms with Crippen LogP contribution in [0.5, 0.6) is 0 Å². The van der Waals surface area contributed by atoms with Crippen LogP contribution in [0.15, 0.2) is 158 Å². The first-order valence-corrected chi connectivity index (χ1v) is 15.5. The van der Waals surface area contributed by atoms with Crippen LogP contribution in [0.3, 0.4) is 0 Å². The predicted octanol–water partition coefficient (Wildman–Crippen LogP) is 12.5. The summed E-state index contributed by atoms with van der Waals surface area (Å²) in [5.74, 6) is 0. The van der Waals surface area contributed by atoms with Gasteiger partial charge in [-0.1, -0.05) is 140 Å². The molecule has 9 aromatic rings. The van der Waals surface area contributed by atoms with E-state index in [1.54, 1.807) is 0 Å². The van der Waals surface area contributed by atoms with Crippen molar-refractivity contribution >= 4 is 63.8 Å². The molecule has 0 atom stereocenters. The van der Waals surface area contributed by atoms with Crippen LogP contribution < -0.4 is 0 Å². The Labute approximate surface area is 255 Å². The van der Waals surface area contributed by atoms with E-state index in [4.69, 9.17) is 1.37 Å². The van der Waals surface area contributed by atoms with Crippen LogP contribution in [-0.2, 0) is 0 Å². The lowest BCUT2D eigenvalue weighted by atomic mass is 9.85. The second-order valence-corrected chi connectivity index (χ2v) is 12.3. The van der Waals surface area contributed by atoms with Gasteiger partial charge in [0, 0.05) is 20.2 Å². The molecular formula is C42H26S. The predicted molar refractivity (Wildman–Crippen MR) is 188 cm³/mol. The van der Waals surface area contributed by atoms with Gasteiger partial charge in [0.1, 0.15) is 0 Å². The maximum atomic E-state index is 8.04. The number of thiophene rings is 1. The van der Waals surface area contributed by atoms with Gasteiger partial charge in [-0.25, -0.2) is 0 Å². The fourth-order valence-electron chi connectivity index (χ4n) is 6.86. The Hall–Kier alpha value is -5.24. The van der Waals surface area contributed by atoms with Gasteiger partial charge in [-0.15, -0.1) is 11.3 Å². The Morgan fingerprint density at radius 1 is 0.395 bits per heavy atom. The van der Waals surface area contributed by atoms with Gasteiger partial charge >= 0.3 is 0 Å². The SMILES string of the molecule is [2H]c1ccc2cc(-c3c4ccccc4c(-c4ccc(-c5cccc6sc7ccccc7c56)cc4)c4ccccc34)ccc2c1. The van der Waals surface area contributed by atoms with Crippen LogP contribution in [0.2, 0.25) is 0 Å². The minimum Gasteiger partial charge on any atom is -0.135 e. The van der Waals surface area contributed by atoms with Crippen molar-refractivity contribution in [1.29, 1.82) is 0 Å². The molecule has 0 amide bonds. The molecule has 43 heavy (non-hydrogen) atoms. The summed E-state index contributed by atoms with van der Waals surface area (Å²) in [4.78, 5) is 0. The number of fused-ring (bicyclic) bond motifs is 6. The molecule has 0 nitrogen and oxygen atoms in total. The van der Waals surface area contributed by atoms with Crippen LogP contribution in [0.25, 0.3) is 85.9 Å². The third-order valence-electron chi connectivity index (χ3n) is 8.79. The zero-order valence-corrected chi connectivity index (χ0v) is 24.2. The van der Waals surface area contributed by atoms with Gasteiger partial charge in [-0.3, -0.25) is 0 Å². The van der Waals surface area contributed by atoms with Gasteiger partial charge in [0.05, 0.1) is 1.37 Å². The highest BCUT2D eigenvalue weighted by molar-refractivity contribution is 7.25. The molecule has 1 heteroatoms. The van der Waals surface area contributed by atoms with Crippen molar-refractivity contribution in [2.24, 2.45) is 0 Å². The largest absolute Gasteiger partial charge is 0.135 e. The van der Waals surface area contributed by atoms with Crippen molar-refractivity contribution in [2.75, 3.05) is 0 Å². The van der Waals surface area contributed by atoms with Crippen molar-refractivity contribution in [3.63, 3.8) is 0 Å². The maximum absolute atomic E-state index is 8.04. The minimum atomic E-state index is 0.539. The van der Waals surface area contributed by atoms with E-state index in [0.717, 1.165) is 10.8 Å². The van der Waals surface area contributed by atoms with E-state index in [2.05, 4.69) is 140 Å². The summed E-state index contributed by atoms with van der Waals surface area (Å²) in [7, 11) is 0. The minimum absolute atomic E-state index is 0.539. The van der Waals surface area contributed by atoms with E-state index in [0.29, 0.717) is 6.04 Å². The molecule has 1 aromatic heterocycles. The Bertz CT molecular complexity index is 2500. The molecule has 8 aromatic carbocycles. The van der Waals surface area contributed by atoms with Crippen molar-refractivity contribution in [1.82, 2.24) is 0 Å². The first kappa shape index (κ1) is 23.3. The van der Waals surface area contributed by atoms with Gasteiger partial charge in [0.2, 0.25) is 0 Å². The van der Waals surface area contributed by atoms with Crippen LogP contribution >= 0.6 is 11.3 Å². The highest BCUT2D eigenvalue weighted by Gasteiger charge is 2.17. The van der Waals surface area contributed by atoms with Crippen molar-refractivity contribution < 1.29 is 1.37 Å². The molecule has 0 N–H and O–H groups in total. The average molecular weight is 564 g/mol. The van der Waals surface area contributed by atoms with E-state index < -0.39 is 0 Å². The summed E-state index contributed by atoms with van der Waals surface area (Å²) in [5, 5.41) is 9.91. The third kappa shape index (κ3) is 3.82. The lowest BCUT2D eigenvalue weighted by molar-refractivity contribution is 1.64. The summed E-state index contributed by atoms with van der Waals surface area (Å²) >= 11 is 1.87. The third-order valence-corrected chi connectivity index (χ3v) is 9.93. The van der Waals surface area contributed by atoms with Crippen LogP contribution in [-0.4, -0.2) is 0 Å². The summed E-state index contributed by atoms with van der Waals surface area (Å²) < 4.78 is 10.7. The Balaban J connectivity index is 1.25. The number of benzene rings is 8. The second kappa shape index (κ2) is 9.66. The number of rotatable bonds is 3. The second-order valence-electron chi connectivity index (χ2n) is 11.2. The quantitative estimate of drug-likeness (QED) is 0.188. The van der Waals surface area contributed by atoms with Crippen molar-refractivity contribution in [3.8, 4) is 33.4 Å². The molecule has 0 aliphatic carbocycles. The molecule has 0 aliphatic rings. The van der Waals surface area contributed by atoms with E-state index in [1.807, 2.05) is 23.5 Å². The van der Waals surface area contributed by atoms with Crippen LogP contribution in [0.1, 0.15) is 1.37 Å². The maximum Gasteiger partial charge on any atom is 0.0623 e. The first-order valence-electron chi connectivity index (χ1n) is 15.2. The van der Waals surface area contributed by atoms with Gasteiger partial charge in [0.25, 0.3) is 0 Å². The molecule has 0 spiro atoms. The molecule has 1 heterocycles. The zero-order valence-electron chi connectivity index (χ0n) is 24.3. The smallest absolute Gasteiger partial charge is 0.0623 e.